The third-order valence-electron chi connectivity index (χ3n) is 2.95. The van der Waals surface area contributed by atoms with E-state index in [1.807, 2.05) is 0 Å². The van der Waals surface area contributed by atoms with Gasteiger partial charge in [0.2, 0.25) is 0 Å². The summed E-state index contributed by atoms with van der Waals surface area (Å²) in [5.74, 6) is 1.08. The lowest BCUT2D eigenvalue weighted by Crippen LogP contribution is -2.17. The molecule has 0 saturated carbocycles. The van der Waals surface area contributed by atoms with Gasteiger partial charge in [0, 0.05) is 0 Å². The predicted molar refractivity (Wildman–Crippen MR) is 57.8 cm³/mol. The van der Waals surface area contributed by atoms with Crippen molar-refractivity contribution in [1.29, 1.82) is 0 Å². The molecule has 2 heteroatoms. The Kier molecular flexibility index (Phi) is 2.30. The first-order valence-electron chi connectivity index (χ1n) is 4.98. The Morgan fingerprint density at radius 2 is 1.85 bits per heavy atom. The van der Waals surface area contributed by atoms with E-state index in [9.17, 15) is 0 Å². The molecular weight excluding hydrogens is 159 g/mol. The van der Waals surface area contributed by atoms with Gasteiger partial charge in [-0.05, 0) is 42.9 Å². The zero-order chi connectivity index (χ0) is 9.26. The maximum atomic E-state index is 5.37. The molecule has 0 aliphatic heterocycles. The van der Waals surface area contributed by atoms with E-state index in [4.69, 9.17) is 4.74 Å². The van der Waals surface area contributed by atoms with Crippen molar-refractivity contribution in [2.75, 3.05) is 7.11 Å². The van der Waals surface area contributed by atoms with Crippen molar-refractivity contribution < 1.29 is 4.74 Å². The molecule has 1 aromatic rings. The van der Waals surface area contributed by atoms with Gasteiger partial charge in [0.1, 0.15) is 13.6 Å². The predicted octanol–water partition coefficient (Wildman–Crippen LogP) is 0.832. The third-order valence-corrected chi connectivity index (χ3v) is 2.95. The summed E-state index contributed by atoms with van der Waals surface area (Å²) in [5.41, 5.74) is 4.41. The minimum atomic E-state index is 1.08. The Morgan fingerprint density at radius 3 is 2.54 bits per heavy atom. The van der Waals surface area contributed by atoms with Gasteiger partial charge >= 0.3 is 0 Å². The number of methoxy groups -OCH3 is 1. The minimum Gasteiger partial charge on any atom is -0.496 e. The highest BCUT2D eigenvalue weighted by Gasteiger charge is 2.14. The van der Waals surface area contributed by atoms with E-state index < -0.39 is 0 Å². The first kappa shape index (κ1) is 8.67. The molecule has 0 spiro atoms. The molecule has 0 saturated heterocycles. The van der Waals surface area contributed by atoms with E-state index >= 15 is 0 Å². The van der Waals surface area contributed by atoms with Crippen LogP contribution in [-0.2, 0) is 12.8 Å². The van der Waals surface area contributed by atoms with Crippen LogP contribution in [0.2, 0.25) is 0 Å². The van der Waals surface area contributed by atoms with Crippen LogP contribution in [0.15, 0.2) is 12.1 Å². The number of fused-ring (bicyclic) bond motifs is 1. The van der Waals surface area contributed by atoms with Gasteiger partial charge in [0.25, 0.3) is 0 Å². The van der Waals surface area contributed by atoms with Crippen molar-refractivity contribution in [3.8, 4) is 5.75 Å². The first-order valence-corrected chi connectivity index (χ1v) is 4.98. The van der Waals surface area contributed by atoms with Crippen molar-refractivity contribution in [2.45, 2.75) is 25.7 Å². The second-order valence-electron chi connectivity index (χ2n) is 3.75. The average Bonchev–Trinajstić information content (AvgIpc) is 2.19. The molecule has 1 aliphatic carbocycles. The first-order chi connectivity index (χ1) is 6.33. The van der Waals surface area contributed by atoms with E-state index in [0.717, 1.165) is 5.75 Å². The number of rotatable bonds is 1. The van der Waals surface area contributed by atoms with Gasteiger partial charge in [-0.2, -0.15) is 0 Å². The summed E-state index contributed by atoms with van der Waals surface area (Å²) < 4.78 is 5.37. The van der Waals surface area contributed by atoms with E-state index in [2.05, 4.69) is 20.0 Å². The van der Waals surface area contributed by atoms with Gasteiger partial charge in [0.15, 0.2) is 0 Å². The Morgan fingerprint density at radius 1 is 1.15 bits per heavy atom. The van der Waals surface area contributed by atoms with Crippen molar-refractivity contribution in [3.05, 3.63) is 23.3 Å². The summed E-state index contributed by atoms with van der Waals surface area (Å²) in [5, 5.41) is 0. The molecule has 0 bridgehead atoms. The van der Waals surface area contributed by atoms with Crippen molar-refractivity contribution >= 4 is 13.3 Å². The van der Waals surface area contributed by atoms with Crippen molar-refractivity contribution in [3.63, 3.8) is 0 Å². The molecule has 0 atom stereocenters. The molecule has 1 nitrogen and oxygen atoms in total. The van der Waals surface area contributed by atoms with Crippen LogP contribution in [0.1, 0.15) is 24.0 Å². The Balaban J connectivity index is 2.52. The largest absolute Gasteiger partial charge is 0.496 e. The number of benzene rings is 1. The molecule has 13 heavy (non-hydrogen) atoms. The highest BCUT2D eigenvalue weighted by Crippen LogP contribution is 2.27. The molecule has 2 rings (SSSR count). The average molecular weight is 174 g/mol. The van der Waals surface area contributed by atoms with Crippen LogP contribution < -0.4 is 10.2 Å². The lowest BCUT2D eigenvalue weighted by Gasteiger charge is -2.20. The van der Waals surface area contributed by atoms with Gasteiger partial charge in [-0.1, -0.05) is 11.5 Å². The van der Waals surface area contributed by atoms with Crippen LogP contribution in [0.4, 0.5) is 0 Å². The van der Waals surface area contributed by atoms with Gasteiger partial charge in [0.05, 0.1) is 7.11 Å². The fraction of sp³-hybridized carbons (Fsp3) is 0.455. The fourth-order valence-electron chi connectivity index (χ4n) is 2.21. The highest BCUT2D eigenvalue weighted by molar-refractivity contribution is 6.33. The Hall–Kier alpha value is -0.915. The van der Waals surface area contributed by atoms with Gasteiger partial charge in [-0.25, -0.2) is 0 Å². The highest BCUT2D eigenvalue weighted by atomic mass is 16.5. The molecule has 68 valence electrons. The minimum absolute atomic E-state index is 1.08. The summed E-state index contributed by atoms with van der Waals surface area (Å²) in [6, 6.07) is 4.27. The lowest BCUT2D eigenvalue weighted by atomic mass is 9.80. The van der Waals surface area contributed by atoms with Crippen molar-refractivity contribution in [2.24, 2.45) is 0 Å². The molecule has 0 unspecified atom stereocenters. The van der Waals surface area contributed by atoms with Crippen LogP contribution in [0.3, 0.4) is 0 Å². The van der Waals surface area contributed by atoms with E-state index in [-0.39, 0.29) is 0 Å². The van der Waals surface area contributed by atoms with Crippen LogP contribution >= 0.6 is 0 Å². The van der Waals surface area contributed by atoms with E-state index in [0.29, 0.717) is 0 Å². The molecule has 1 aromatic carbocycles. The fourth-order valence-corrected chi connectivity index (χ4v) is 2.21. The summed E-state index contributed by atoms with van der Waals surface area (Å²) in [6.45, 7) is 0. The SMILES string of the molecule is Bc1ccc(OC)c2c1CCCC2. The lowest BCUT2D eigenvalue weighted by molar-refractivity contribution is 0.406. The molecule has 0 N–H and O–H groups in total. The monoisotopic (exact) mass is 174 g/mol. The molecular formula is C11H15BO. The maximum absolute atomic E-state index is 5.37. The van der Waals surface area contributed by atoms with Crippen LogP contribution in [0.25, 0.3) is 0 Å². The third kappa shape index (κ3) is 1.45. The molecule has 1 aliphatic rings. The standard InChI is InChI=1S/C11H15BO/c1-13-11-7-6-10(12)8-4-2-3-5-9(8)11/h6-7H,2-5,12H2,1H3. The van der Waals surface area contributed by atoms with Gasteiger partial charge in [-0.15, -0.1) is 0 Å². The summed E-state index contributed by atoms with van der Waals surface area (Å²) in [4.78, 5) is 0. The summed E-state index contributed by atoms with van der Waals surface area (Å²) in [7, 11) is 3.96. The van der Waals surface area contributed by atoms with Crippen molar-refractivity contribution in [1.82, 2.24) is 0 Å². The Bertz CT molecular complexity index is 320. The zero-order valence-corrected chi connectivity index (χ0v) is 8.39. The van der Waals surface area contributed by atoms with E-state index in [1.165, 1.54) is 42.3 Å². The smallest absolute Gasteiger partial charge is 0.139 e. The van der Waals surface area contributed by atoms with Crippen LogP contribution in [0, 0.1) is 0 Å². The molecule has 0 radical (unpaired) electrons. The van der Waals surface area contributed by atoms with Crippen LogP contribution in [0.5, 0.6) is 5.75 Å². The van der Waals surface area contributed by atoms with E-state index in [1.54, 1.807) is 7.11 Å². The maximum Gasteiger partial charge on any atom is 0.139 e. The Labute approximate surface area is 80.5 Å². The number of hydrogen-bond donors (Lipinski definition) is 0. The summed E-state index contributed by atoms with van der Waals surface area (Å²) >= 11 is 0. The molecule has 0 heterocycles. The van der Waals surface area contributed by atoms with Crippen LogP contribution in [-0.4, -0.2) is 15.0 Å². The second kappa shape index (κ2) is 3.45. The number of ether oxygens (including phenoxy) is 1. The van der Waals surface area contributed by atoms with Gasteiger partial charge in [-0.3, -0.25) is 0 Å². The molecule has 0 fully saturated rings. The molecule has 0 aromatic heterocycles. The quantitative estimate of drug-likeness (QED) is 0.573. The van der Waals surface area contributed by atoms with Gasteiger partial charge < -0.3 is 4.74 Å². The zero-order valence-electron chi connectivity index (χ0n) is 8.39. The summed E-state index contributed by atoms with van der Waals surface area (Å²) in [6.07, 6.45) is 5.08. The normalized spacial score (nSPS) is 15.2. The topological polar surface area (TPSA) is 9.23 Å². The second-order valence-corrected chi connectivity index (χ2v) is 3.75. The number of hydrogen-bond acceptors (Lipinski definition) is 1. The molecule has 0 amide bonds.